The number of sulfonamides is 1. The molecule has 0 radical (unpaired) electrons. The minimum absolute atomic E-state index is 0.157. The number of carboxylic acid groups (broad SMARTS) is 1. The van der Waals surface area contributed by atoms with Crippen LogP contribution in [0.25, 0.3) is 0 Å². The third kappa shape index (κ3) is 6.05. The summed E-state index contributed by atoms with van der Waals surface area (Å²) in [7, 11) is -4.14. The fourth-order valence-corrected chi connectivity index (χ4v) is 3.29. The van der Waals surface area contributed by atoms with Gasteiger partial charge in [0.1, 0.15) is 11.5 Å². The Morgan fingerprint density at radius 1 is 1.11 bits per heavy atom. The lowest BCUT2D eigenvalue weighted by Gasteiger charge is -2.15. The molecule has 28 heavy (non-hydrogen) atoms. The highest BCUT2D eigenvalue weighted by atomic mass is 32.2. The number of aliphatic carboxylic acids is 1. The molecule has 0 bridgehead atoms. The van der Waals surface area contributed by atoms with Gasteiger partial charge in [-0.15, -0.1) is 0 Å². The van der Waals surface area contributed by atoms with E-state index in [1.807, 2.05) is 0 Å². The molecule has 2 rings (SSSR count). The van der Waals surface area contributed by atoms with Crippen molar-refractivity contribution in [3.8, 4) is 11.5 Å². The number of benzene rings is 2. The predicted octanol–water partition coefficient (Wildman–Crippen LogP) is 3.20. The van der Waals surface area contributed by atoms with Crippen molar-refractivity contribution in [2.45, 2.75) is 18.0 Å². The van der Waals surface area contributed by atoms with Gasteiger partial charge in [-0.05, 0) is 42.8 Å². The van der Waals surface area contributed by atoms with E-state index in [4.69, 9.17) is 9.84 Å². The lowest BCUT2D eigenvalue weighted by Crippen LogP contribution is -2.20. The molecule has 0 aliphatic carbocycles. The highest BCUT2D eigenvalue weighted by molar-refractivity contribution is 7.92. The number of para-hydroxylation sites is 2. The molecule has 11 heteroatoms. The summed E-state index contributed by atoms with van der Waals surface area (Å²) in [6, 6.07) is 9.04. The Balaban J connectivity index is 2.22. The van der Waals surface area contributed by atoms with E-state index >= 15 is 0 Å². The first kappa shape index (κ1) is 21.4. The molecule has 152 valence electrons. The first-order chi connectivity index (χ1) is 13.0. The highest BCUT2D eigenvalue weighted by Gasteiger charge is 2.29. The molecule has 2 aromatic carbocycles. The molecule has 0 atom stereocenters. The van der Waals surface area contributed by atoms with E-state index in [1.54, 1.807) is 0 Å². The molecular weight excluding hydrogens is 403 g/mol. The van der Waals surface area contributed by atoms with Crippen molar-refractivity contribution in [3.63, 3.8) is 0 Å². The standard InChI is InChI=1S/C17H16F3NO6S/c1-11-8-12(6-7-14(11)26-9-16(22)23)28(24,25)21-13-4-2-3-5-15(13)27-10-17(18,19)20/h2-8,21H,9-10H2,1H3,(H,22,23). The van der Waals surface area contributed by atoms with Crippen LogP contribution in [0.15, 0.2) is 47.4 Å². The number of aryl methyl sites for hydroxylation is 1. The van der Waals surface area contributed by atoms with Gasteiger partial charge in [0.15, 0.2) is 13.2 Å². The summed E-state index contributed by atoms with van der Waals surface area (Å²) in [5.41, 5.74) is 0.210. The Morgan fingerprint density at radius 2 is 1.79 bits per heavy atom. The van der Waals surface area contributed by atoms with E-state index in [-0.39, 0.29) is 22.1 Å². The number of hydrogen-bond acceptors (Lipinski definition) is 5. The summed E-state index contributed by atoms with van der Waals surface area (Å²) in [5.74, 6) is -1.27. The Labute approximate surface area is 158 Å². The molecule has 0 aliphatic rings. The third-order valence-electron chi connectivity index (χ3n) is 3.33. The molecule has 0 aromatic heterocycles. The van der Waals surface area contributed by atoms with Gasteiger partial charge in [-0.25, -0.2) is 13.2 Å². The van der Waals surface area contributed by atoms with Gasteiger partial charge in [0.05, 0.1) is 10.6 Å². The zero-order valence-corrected chi connectivity index (χ0v) is 15.3. The number of carbonyl (C=O) groups is 1. The van der Waals surface area contributed by atoms with E-state index in [1.165, 1.54) is 49.4 Å². The normalized spacial score (nSPS) is 11.7. The molecule has 0 amide bonds. The average molecular weight is 419 g/mol. The highest BCUT2D eigenvalue weighted by Crippen LogP contribution is 2.29. The second-order valence-electron chi connectivity index (χ2n) is 5.62. The number of alkyl halides is 3. The van der Waals surface area contributed by atoms with Gasteiger partial charge < -0.3 is 14.6 Å². The van der Waals surface area contributed by atoms with Crippen molar-refractivity contribution >= 4 is 21.7 Å². The van der Waals surface area contributed by atoms with Crippen LogP contribution in [0.2, 0.25) is 0 Å². The van der Waals surface area contributed by atoms with E-state index in [0.717, 1.165) is 0 Å². The van der Waals surface area contributed by atoms with Crippen molar-refractivity contribution in [1.29, 1.82) is 0 Å². The van der Waals surface area contributed by atoms with Gasteiger partial charge in [-0.2, -0.15) is 13.2 Å². The van der Waals surface area contributed by atoms with Gasteiger partial charge in [-0.3, -0.25) is 4.72 Å². The fourth-order valence-electron chi connectivity index (χ4n) is 2.13. The molecule has 0 fully saturated rings. The Kier molecular flexibility index (Phi) is 6.39. The second-order valence-corrected chi connectivity index (χ2v) is 7.30. The summed E-state index contributed by atoms with van der Waals surface area (Å²) in [6.07, 6.45) is -4.57. The van der Waals surface area contributed by atoms with E-state index in [9.17, 15) is 26.4 Å². The quantitative estimate of drug-likeness (QED) is 0.681. The monoisotopic (exact) mass is 419 g/mol. The van der Waals surface area contributed by atoms with Crippen LogP contribution < -0.4 is 14.2 Å². The predicted molar refractivity (Wildman–Crippen MR) is 93.1 cm³/mol. The zero-order valence-electron chi connectivity index (χ0n) is 14.5. The minimum atomic E-state index is -4.57. The number of ether oxygens (including phenoxy) is 2. The molecule has 7 nitrogen and oxygen atoms in total. The first-order valence-corrected chi connectivity index (χ1v) is 9.23. The van der Waals surface area contributed by atoms with E-state index in [2.05, 4.69) is 9.46 Å². The number of anilines is 1. The van der Waals surface area contributed by atoms with Gasteiger partial charge in [0.25, 0.3) is 10.0 Å². The maximum absolute atomic E-state index is 12.6. The number of halogens is 3. The summed E-state index contributed by atoms with van der Waals surface area (Å²) < 4.78 is 74.1. The Hall–Kier alpha value is -2.95. The maximum Gasteiger partial charge on any atom is 0.422 e. The maximum atomic E-state index is 12.6. The second kappa shape index (κ2) is 8.38. The number of carboxylic acids is 1. The van der Waals surface area contributed by atoms with Crippen LogP contribution in [0.3, 0.4) is 0 Å². The molecule has 0 spiro atoms. The van der Waals surface area contributed by atoms with Gasteiger partial charge in [0.2, 0.25) is 0 Å². The third-order valence-corrected chi connectivity index (χ3v) is 4.69. The van der Waals surface area contributed by atoms with Gasteiger partial charge in [-0.1, -0.05) is 12.1 Å². The van der Waals surface area contributed by atoms with Gasteiger partial charge >= 0.3 is 12.1 Å². The van der Waals surface area contributed by atoms with Crippen LogP contribution >= 0.6 is 0 Å². The number of nitrogens with one attached hydrogen (secondary N) is 1. The SMILES string of the molecule is Cc1cc(S(=O)(=O)Nc2ccccc2OCC(F)(F)F)ccc1OCC(=O)O. The Morgan fingerprint density at radius 3 is 2.39 bits per heavy atom. The average Bonchev–Trinajstić information content (AvgIpc) is 2.58. The Bertz CT molecular complexity index is 960. The largest absolute Gasteiger partial charge is 0.482 e. The molecule has 2 aromatic rings. The van der Waals surface area contributed by atoms with Crippen molar-refractivity contribution in [1.82, 2.24) is 0 Å². The fraction of sp³-hybridized carbons (Fsp3) is 0.235. The van der Waals surface area contributed by atoms with Crippen molar-refractivity contribution < 1.29 is 41.0 Å². The molecule has 0 heterocycles. The van der Waals surface area contributed by atoms with E-state index < -0.39 is 35.4 Å². The van der Waals surface area contributed by atoms with E-state index in [0.29, 0.717) is 5.56 Å². The molecule has 0 saturated heterocycles. The minimum Gasteiger partial charge on any atom is -0.482 e. The smallest absolute Gasteiger partial charge is 0.422 e. The lowest BCUT2D eigenvalue weighted by molar-refractivity contribution is -0.153. The van der Waals surface area contributed by atoms with Crippen LogP contribution in [0, 0.1) is 6.92 Å². The van der Waals surface area contributed by atoms with Crippen LogP contribution in [0.5, 0.6) is 11.5 Å². The van der Waals surface area contributed by atoms with Gasteiger partial charge in [0, 0.05) is 0 Å². The molecule has 2 N–H and O–H groups in total. The summed E-state index contributed by atoms with van der Waals surface area (Å²) in [4.78, 5) is 10.4. The van der Waals surface area contributed by atoms with Crippen LogP contribution in [0.1, 0.15) is 5.56 Å². The van der Waals surface area contributed by atoms with Crippen molar-refractivity contribution in [3.05, 3.63) is 48.0 Å². The molecule has 0 unspecified atom stereocenters. The van der Waals surface area contributed by atoms with Crippen molar-refractivity contribution in [2.24, 2.45) is 0 Å². The first-order valence-electron chi connectivity index (χ1n) is 7.74. The molecule has 0 saturated carbocycles. The summed E-state index contributed by atoms with van der Waals surface area (Å²) in [5, 5.41) is 8.62. The molecular formula is C17H16F3NO6S. The summed E-state index contributed by atoms with van der Waals surface area (Å²) in [6.45, 7) is -0.633. The van der Waals surface area contributed by atoms with Crippen molar-refractivity contribution in [2.75, 3.05) is 17.9 Å². The number of rotatable bonds is 8. The lowest BCUT2D eigenvalue weighted by atomic mass is 10.2. The van der Waals surface area contributed by atoms with Crippen LogP contribution in [0.4, 0.5) is 18.9 Å². The zero-order chi connectivity index (χ0) is 20.9. The van der Waals surface area contributed by atoms with Crippen LogP contribution in [-0.4, -0.2) is 38.9 Å². The molecule has 0 aliphatic heterocycles. The number of hydrogen-bond donors (Lipinski definition) is 2. The van der Waals surface area contributed by atoms with Crippen LogP contribution in [-0.2, 0) is 14.8 Å². The summed E-state index contributed by atoms with van der Waals surface area (Å²) >= 11 is 0. The topological polar surface area (TPSA) is 102 Å².